The van der Waals surface area contributed by atoms with Crippen LogP contribution in [-0.4, -0.2) is 46.2 Å². The van der Waals surface area contributed by atoms with Gasteiger partial charge in [-0.3, -0.25) is 9.00 Å². The number of rotatable bonds is 4. The molecular weight excluding hydrogens is 328 g/mol. The van der Waals surface area contributed by atoms with Crippen molar-refractivity contribution in [2.24, 2.45) is 0 Å². The number of carbonyl (C=O) groups is 1. The van der Waals surface area contributed by atoms with E-state index in [1.165, 1.54) is 0 Å². The minimum absolute atomic E-state index is 0.0183. The van der Waals surface area contributed by atoms with Crippen molar-refractivity contribution < 1.29 is 9.00 Å². The monoisotopic (exact) mass is 344 g/mol. The normalized spacial score (nSPS) is 17.3. The molecular formula is C13H17BrN2O2S. The highest BCUT2D eigenvalue weighted by Gasteiger charge is 2.15. The van der Waals surface area contributed by atoms with Crippen molar-refractivity contribution in [1.82, 2.24) is 4.90 Å². The summed E-state index contributed by atoms with van der Waals surface area (Å²) < 4.78 is 12.2. The Kier molecular flexibility index (Phi) is 5.54. The van der Waals surface area contributed by atoms with Crippen molar-refractivity contribution in [2.75, 3.05) is 36.5 Å². The predicted molar refractivity (Wildman–Crippen MR) is 81.7 cm³/mol. The van der Waals surface area contributed by atoms with Gasteiger partial charge in [0.05, 0.1) is 0 Å². The minimum atomic E-state index is -0.657. The van der Waals surface area contributed by atoms with Crippen molar-refractivity contribution in [3.05, 3.63) is 28.7 Å². The molecule has 1 N–H and O–H groups in total. The van der Waals surface area contributed by atoms with Gasteiger partial charge < -0.3 is 10.2 Å². The Bertz CT molecular complexity index is 471. The van der Waals surface area contributed by atoms with Crippen molar-refractivity contribution in [2.45, 2.75) is 6.42 Å². The largest absolute Gasteiger partial charge is 0.326 e. The molecule has 0 atom stereocenters. The van der Waals surface area contributed by atoms with E-state index in [9.17, 15) is 9.00 Å². The summed E-state index contributed by atoms with van der Waals surface area (Å²) in [6.07, 6.45) is 0.471. The zero-order valence-electron chi connectivity index (χ0n) is 10.6. The summed E-state index contributed by atoms with van der Waals surface area (Å²) in [5.74, 6) is 1.48. The zero-order valence-corrected chi connectivity index (χ0v) is 13.0. The standard InChI is InChI=1S/C13H17BrN2O2S/c14-11-2-1-3-12(10-11)15-13(17)4-5-16-6-8-19(18)9-7-16/h1-3,10H,4-9H2,(H,15,17). The minimum Gasteiger partial charge on any atom is -0.326 e. The second-order valence-corrected chi connectivity index (χ2v) is 7.11. The number of benzene rings is 1. The average molecular weight is 345 g/mol. The summed E-state index contributed by atoms with van der Waals surface area (Å²) >= 11 is 3.37. The average Bonchev–Trinajstić information content (AvgIpc) is 2.38. The fourth-order valence-corrected chi connectivity index (χ4v) is 3.48. The van der Waals surface area contributed by atoms with Gasteiger partial charge in [-0.15, -0.1) is 0 Å². The number of hydrogen-bond donors (Lipinski definition) is 1. The van der Waals surface area contributed by atoms with E-state index in [4.69, 9.17) is 0 Å². The van der Waals surface area contributed by atoms with Gasteiger partial charge in [0.2, 0.25) is 5.91 Å². The molecule has 1 aliphatic heterocycles. The van der Waals surface area contributed by atoms with Crippen molar-refractivity contribution in [1.29, 1.82) is 0 Å². The summed E-state index contributed by atoms with van der Waals surface area (Å²) in [7, 11) is -0.657. The first-order valence-corrected chi connectivity index (χ1v) is 8.54. The highest BCUT2D eigenvalue weighted by molar-refractivity contribution is 9.10. The van der Waals surface area contributed by atoms with Crippen LogP contribution in [0.15, 0.2) is 28.7 Å². The van der Waals surface area contributed by atoms with Crippen LogP contribution in [0.4, 0.5) is 5.69 Å². The lowest BCUT2D eigenvalue weighted by atomic mass is 10.3. The Labute approximate surface area is 124 Å². The first-order chi connectivity index (χ1) is 9.13. The zero-order chi connectivity index (χ0) is 13.7. The van der Waals surface area contributed by atoms with E-state index in [1.54, 1.807) is 0 Å². The molecule has 1 amide bonds. The van der Waals surface area contributed by atoms with Crippen LogP contribution in [0.1, 0.15) is 6.42 Å². The Morgan fingerprint density at radius 1 is 1.37 bits per heavy atom. The van der Waals surface area contributed by atoms with Crippen LogP contribution in [0.3, 0.4) is 0 Å². The fraction of sp³-hybridized carbons (Fsp3) is 0.462. The number of anilines is 1. The SMILES string of the molecule is O=C(CCN1CCS(=O)CC1)Nc1cccc(Br)c1. The summed E-state index contributed by atoms with van der Waals surface area (Å²) in [6.45, 7) is 2.39. The van der Waals surface area contributed by atoms with Crippen molar-refractivity contribution in [3.8, 4) is 0 Å². The van der Waals surface area contributed by atoms with Crippen LogP contribution < -0.4 is 5.32 Å². The van der Waals surface area contributed by atoms with Crippen molar-refractivity contribution in [3.63, 3.8) is 0 Å². The van der Waals surface area contributed by atoms with Gasteiger partial charge in [-0.1, -0.05) is 22.0 Å². The molecule has 1 fully saturated rings. The molecule has 1 saturated heterocycles. The molecule has 0 aromatic heterocycles. The maximum atomic E-state index is 11.8. The molecule has 19 heavy (non-hydrogen) atoms. The Balaban J connectivity index is 1.74. The molecule has 0 radical (unpaired) electrons. The van der Waals surface area contributed by atoms with E-state index in [0.29, 0.717) is 6.42 Å². The number of nitrogens with one attached hydrogen (secondary N) is 1. The highest BCUT2D eigenvalue weighted by Crippen LogP contribution is 2.15. The fourth-order valence-electron chi connectivity index (χ4n) is 1.95. The van der Waals surface area contributed by atoms with Crippen LogP contribution in [0.25, 0.3) is 0 Å². The Morgan fingerprint density at radius 2 is 2.11 bits per heavy atom. The molecule has 1 aliphatic rings. The second kappa shape index (κ2) is 7.17. The first-order valence-electron chi connectivity index (χ1n) is 6.26. The molecule has 0 saturated carbocycles. The quantitative estimate of drug-likeness (QED) is 0.906. The van der Waals surface area contributed by atoms with Gasteiger partial charge in [-0.2, -0.15) is 0 Å². The predicted octanol–water partition coefficient (Wildman–Crippen LogP) is 1.84. The van der Waals surface area contributed by atoms with Gasteiger partial charge in [0.25, 0.3) is 0 Å². The first kappa shape index (κ1) is 14.7. The van der Waals surface area contributed by atoms with Gasteiger partial charge in [-0.25, -0.2) is 0 Å². The molecule has 1 aromatic rings. The van der Waals surface area contributed by atoms with Gasteiger partial charge in [-0.05, 0) is 18.2 Å². The van der Waals surface area contributed by atoms with E-state index in [1.807, 2.05) is 24.3 Å². The van der Waals surface area contributed by atoms with Crippen LogP contribution in [0, 0.1) is 0 Å². The van der Waals surface area contributed by atoms with Gasteiger partial charge in [0.1, 0.15) is 0 Å². The van der Waals surface area contributed by atoms with Crippen LogP contribution in [-0.2, 0) is 15.6 Å². The maximum absolute atomic E-state index is 11.8. The lowest BCUT2D eigenvalue weighted by Crippen LogP contribution is -2.39. The van der Waals surface area contributed by atoms with Gasteiger partial charge in [0, 0.05) is 58.5 Å². The lowest BCUT2D eigenvalue weighted by Gasteiger charge is -2.25. The van der Waals surface area contributed by atoms with Crippen molar-refractivity contribution >= 4 is 38.3 Å². The molecule has 104 valence electrons. The van der Waals surface area contributed by atoms with E-state index in [0.717, 1.165) is 41.3 Å². The molecule has 2 rings (SSSR count). The Hall–Kier alpha value is -0.720. The van der Waals surface area contributed by atoms with Gasteiger partial charge in [0.15, 0.2) is 0 Å². The summed E-state index contributed by atoms with van der Waals surface area (Å²) in [4.78, 5) is 14.0. The summed E-state index contributed by atoms with van der Waals surface area (Å²) in [5.41, 5.74) is 0.805. The summed E-state index contributed by atoms with van der Waals surface area (Å²) in [5, 5.41) is 2.88. The molecule has 6 heteroatoms. The highest BCUT2D eigenvalue weighted by atomic mass is 79.9. The third-order valence-corrected chi connectivity index (χ3v) is 4.80. The number of hydrogen-bond acceptors (Lipinski definition) is 3. The Morgan fingerprint density at radius 3 is 2.79 bits per heavy atom. The number of carbonyl (C=O) groups excluding carboxylic acids is 1. The van der Waals surface area contributed by atoms with E-state index < -0.39 is 10.8 Å². The van der Waals surface area contributed by atoms with Crippen LogP contribution >= 0.6 is 15.9 Å². The molecule has 1 aromatic carbocycles. The molecule has 4 nitrogen and oxygen atoms in total. The lowest BCUT2D eigenvalue weighted by molar-refractivity contribution is -0.116. The number of halogens is 1. The molecule has 1 heterocycles. The smallest absolute Gasteiger partial charge is 0.225 e. The summed E-state index contributed by atoms with van der Waals surface area (Å²) in [6, 6.07) is 7.55. The van der Waals surface area contributed by atoms with E-state index >= 15 is 0 Å². The number of amides is 1. The van der Waals surface area contributed by atoms with Crippen LogP contribution in [0.5, 0.6) is 0 Å². The third-order valence-electron chi connectivity index (χ3n) is 3.03. The van der Waals surface area contributed by atoms with E-state index in [-0.39, 0.29) is 5.91 Å². The number of nitrogens with zero attached hydrogens (tertiary/aromatic N) is 1. The molecule has 0 aliphatic carbocycles. The molecule has 0 bridgehead atoms. The second-order valence-electron chi connectivity index (χ2n) is 4.50. The maximum Gasteiger partial charge on any atom is 0.225 e. The van der Waals surface area contributed by atoms with Gasteiger partial charge >= 0.3 is 0 Å². The molecule has 0 unspecified atom stereocenters. The third kappa shape index (κ3) is 5.04. The van der Waals surface area contributed by atoms with Crippen LogP contribution in [0.2, 0.25) is 0 Å². The molecule has 0 spiro atoms. The topological polar surface area (TPSA) is 49.4 Å². The van der Waals surface area contributed by atoms with E-state index in [2.05, 4.69) is 26.1 Å².